The van der Waals surface area contributed by atoms with Crippen LogP contribution in [0.15, 0.2) is 79.0 Å². The minimum Gasteiger partial charge on any atom is -0.454 e. The van der Waals surface area contributed by atoms with Crippen LogP contribution >= 0.6 is 0 Å². The van der Waals surface area contributed by atoms with E-state index in [0.29, 0.717) is 29.0 Å². The predicted molar refractivity (Wildman–Crippen MR) is 142 cm³/mol. The van der Waals surface area contributed by atoms with E-state index in [2.05, 4.69) is 5.32 Å². The molecular weight excluding hydrogens is 484 g/mol. The SMILES string of the molecule is COC(=O)n1cc(C[C@@H](C)NC(=O)C(c2ccc3c(c2)OCO3)C(C)(O)c2ccccc2)c2ccccc21. The largest absolute Gasteiger partial charge is 0.454 e. The zero-order valence-electron chi connectivity index (χ0n) is 21.5. The number of carbonyl (C=O) groups excluding carboxylic acids is 2. The van der Waals surface area contributed by atoms with E-state index in [1.807, 2.05) is 49.4 Å². The first-order chi connectivity index (χ1) is 18.3. The lowest BCUT2D eigenvalue weighted by Crippen LogP contribution is -2.45. The molecule has 8 heteroatoms. The van der Waals surface area contributed by atoms with Gasteiger partial charge in [-0.3, -0.25) is 9.36 Å². The van der Waals surface area contributed by atoms with Crippen LogP contribution in [-0.2, 0) is 21.6 Å². The first-order valence-corrected chi connectivity index (χ1v) is 12.4. The van der Waals surface area contributed by atoms with Crippen molar-refractivity contribution in [1.29, 1.82) is 0 Å². The maximum absolute atomic E-state index is 13.9. The van der Waals surface area contributed by atoms with Crippen LogP contribution in [0.2, 0.25) is 0 Å². The van der Waals surface area contributed by atoms with Crippen molar-refractivity contribution in [1.82, 2.24) is 9.88 Å². The number of hydrogen-bond acceptors (Lipinski definition) is 6. The Morgan fingerprint density at radius 2 is 1.76 bits per heavy atom. The summed E-state index contributed by atoms with van der Waals surface area (Å²) in [7, 11) is 1.34. The monoisotopic (exact) mass is 514 g/mol. The van der Waals surface area contributed by atoms with Crippen molar-refractivity contribution < 1.29 is 28.9 Å². The standard InChI is InChI=1S/C30H30N2O6/c1-19(15-21-17-32(29(34)36-3)24-12-8-7-11-23(21)24)31-28(33)27(30(2,35)22-9-5-4-6-10-22)20-13-14-25-26(16-20)38-18-37-25/h4-14,16-17,19,27,35H,15,18H2,1-3H3,(H,31,33)/t19-,27?,30?/m1/s1. The number of rotatable bonds is 7. The third-order valence-corrected chi connectivity index (χ3v) is 6.99. The fourth-order valence-electron chi connectivity index (χ4n) is 5.14. The average molecular weight is 515 g/mol. The van der Waals surface area contributed by atoms with Gasteiger partial charge in [-0.15, -0.1) is 0 Å². The lowest BCUT2D eigenvalue weighted by molar-refractivity contribution is -0.129. The molecule has 1 aliphatic heterocycles. The molecule has 3 atom stereocenters. The molecule has 38 heavy (non-hydrogen) atoms. The number of benzene rings is 3. The van der Waals surface area contributed by atoms with Crippen molar-refractivity contribution in [2.24, 2.45) is 0 Å². The maximum atomic E-state index is 13.9. The summed E-state index contributed by atoms with van der Waals surface area (Å²) >= 11 is 0. The van der Waals surface area contributed by atoms with Crippen molar-refractivity contribution in [2.75, 3.05) is 13.9 Å². The van der Waals surface area contributed by atoms with E-state index in [0.717, 1.165) is 16.5 Å². The molecular formula is C30H30N2O6. The third kappa shape index (κ3) is 4.70. The second-order valence-corrected chi connectivity index (χ2v) is 9.68. The van der Waals surface area contributed by atoms with Gasteiger partial charge in [-0.05, 0) is 55.2 Å². The number of hydrogen-bond donors (Lipinski definition) is 2. The van der Waals surface area contributed by atoms with Gasteiger partial charge in [0.25, 0.3) is 0 Å². The number of carbonyl (C=O) groups is 2. The van der Waals surface area contributed by atoms with Crippen LogP contribution in [0, 0.1) is 0 Å². The Morgan fingerprint density at radius 3 is 2.53 bits per heavy atom. The van der Waals surface area contributed by atoms with Crippen LogP contribution in [-0.4, -0.2) is 41.6 Å². The van der Waals surface area contributed by atoms with E-state index in [9.17, 15) is 14.7 Å². The molecule has 2 heterocycles. The fourth-order valence-corrected chi connectivity index (χ4v) is 5.14. The molecule has 1 aromatic heterocycles. The topological polar surface area (TPSA) is 99.0 Å². The quantitative estimate of drug-likeness (QED) is 0.370. The Morgan fingerprint density at radius 1 is 1.05 bits per heavy atom. The van der Waals surface area contributed by atoms with Gasteiger partial charge < -0.3 is 24.6 Å². The molecule has 0 aliphatic carbocycles. The fraction of sp³-hybridized carbons (Fsp3) is 0.267. The first kappa shape index (κ1) is 25.4. The lowest BCUT2D eigenvalue weighted by Gasteiger charge is -2.34. The Hall–Kier alpha value is -4.30. The van der Waals surface area contributed by atoms with Crippen LogP contribution in [0.25, 0.3) is 10.9 Å². The van der Waals surface area contributed by atoms with E-state index >= 15 is 0 Å². The zero-order chi connectivity index (χ0) is 26.9. The maximum Gasteiger partial charge on any atom is 0.418 e. The molecule has 2 N–H and O–H groups in total. The van der Waals surface area contributed by atoms with E-state index in [1.165, 1.54) is 11.7 Å². The highest BCUT2D eigenvalue weighted by molar-refractivity contribution is 5.92. The molecule has 8 nitrogen and oxygen atoms in total. The number of aromatic nitrogens is 1. The predicted octanol–water partition coefficient (Wildman–Crippen LogP) is 4.72. The van der Waals surface area contributed by atoms with Crippen molar-refractivity contribution in [3.63, 3.8) is 0 Å². The molecule has 0 fully saturated rings. The Kier molecular flexibility index (Phi) is 6.82. The van der Waals surface area contributed by atoms with Crippen LogP contribution in [0.5, 0.6) is 11.5 Å². The van der Waals surface area contributed by atoms with E-state index in [1.54, 1.807) is 43.5 Å². The normalized spacial score (nSPS) is 15.5. The molecule has 5 rings (SSSR count). The molecule has 1 amide bonds. The van der Waals surface area contributed by atoms with Gasteiger partial charge in [0.15, 0.2) is 11.5 Å². The molecule has 2 unspecified atom stereocenters. The molecule has 0 saturated heterocycles. The number of para-hydroxylation sites is 1. The van der Waals surface area contributed by atoms with Gasteiger partial charge in [0, 0.05) is 17.6 Å². The van der Waals surface area contributed by atoms with Crippen LogP contribution in [0.4, 0.5) is 4.79 Å². The Balaban J connectivity index is 1.45. The van der Waals surface area contributed by atoms with Crippen molar-refractivity contribution in [2.45, 2.75) is 37.8 Å². The van der Waals surface area contributed by atoms with Gasteiger partial charge in [0.1, 0.15) is 5.60 Å². The molecule has 196 valence electrons. The summed E-state index contributed by atoms with van der Waals surface area (Å²) in [6, 6.07) is 21.7. The minimum atomic E-state index is -1.51. The number of aliphatic hydroxyl groups is 1. The zero-order valence-corrected chi connectivity index (χ0v) is 21.5. The van der Waals surface area contributed by atoms with Gasteiger partial charge in [0.05, 0.1) is 18.5 Å². The third-order valence-electron chi connectivity index (χ3n) is 6.99. The first-order valence-electron chi connectivity index (χ1n) is 12.4. The number of nitrogens with zero attached hydrogens (tertiary/aromatic N) is 1. The second-order valence-electron chi connectivity index (χ2n) is 9.68. The molecule has 3 aromatic carbocycles. The molecule has 0 bridgehead atoms. The van der Waals surface area contributed by atoms with Crippen LogP contribution in [0.1, 0.15) is 36.5 Å². The minimum absolute atomic E-state index is 0.112. The van der Waals surface area contributed by atoms with Gasteiger partial charge >= 0.3 is 6.09 Å². The number of ether oxygens (including phenoxy) is 3. The molecule has 4 aromatic rings. The second kappa shape index (κ2) is 10.2. The summed E-state index contributed by atoms with van der Waals surface area (Å²) in [6.45, 7) is 3.66. The van der Waals surface area contributed by atoms with E-state index in [-0.39, 0.29) is 18.7 Å². The summed E-state index contributed by atoms with van der Waals surface area (Å²) in [5.74, 6) is -0.129. The molecule has 0 saturated carbocycles. The van der Waals surface area contributed by atoms with Gasteiger partial charge in [-0.1, -0.05) is 54.6 Å². The Labute approximate surface area is 220 Å². The van der Waals surface area contributed by atoms with Crippen LogP contribution in [0.3, 0.4) is 0 Å². The highest BCUT2D eigenvalue weighted by Gasteiger charge is 2.41. The van der Waals surface area contributed by atoms with Crippen LogP contribution < -0.4 is 14.8 Å². The lowest BCUT2D eigenvalue weighted by atomic mass is 9.77. The van der Waals surface area contributed by atoms with Gasteiger partial charge in [-0.25, -0.2) is 4.79 Å². The summed E-state index contributed by atoms with van der Waals surface area (Å²) in [5.41, 5.74) is 1.34. The van der Waals surface area contributed by atoms with Gasteiger partial charge in [0.2, 0.25) is 12.7 Å². The summed E-state index contributed by atoms with van der Waals surface area (Å²) in [6.07, 6.45) is 1.73. The van der Waals surface area contributed by atoms with Crippen molar-refractivity contribution in [3.05, 3.63) is 95.7 Å². The van der Waals surface area contributed by atoms with Gasteiger partial charge in [-0.2, -0.15) is 0 Å². The molecule has 0 spiro atoms. The number of nitrogens with one attached hydrogen (secondary N) is 1. The Bertz CT molecular complexity index is 1480. The smallest absolute Gasteiger partial charge is 0.418 e. The highest BCUT2D eigenvalue weighted by atomic mass is 16.7. The van der Waals surface area contributed by atoms with E-state index in [4.69, 9.17) is 14.2 Å². The number of methoxy groups -OCH3 is 1. The molecule has 1 aliphatic rings. The van der Waals surface area contributed by atoms with Crippen molar-refractivity contribution in [3.8, 4) is 11.5 Å². The summed E-state index contributed by atoms with van der Waals surface area (Å²) in [5, 5.41) is 15.8. The van der Waals surface area contributed by atoms with E-state index < -0.39 is 17.6 Å². The number of amides is 1. The summed E-state index contributed by atoms with van der Waals surface area (Å²) in [4.78, 5) is 26.2. The molecule has 0 radical (unpaired) electrons. The average Bonchev–Trinajstić information content (AvgIpc) is 3.53. The van der Waals surface area contributed by atoms with Crippen molar-refractivity contribution >= 4 is 22.9 Å². The number of fused-ring (bicyclic) bond motifs is 2. The highest BCUT2D eigenvalue weighted by Crippen LogP contribution is 2.41. The summed E-state index contributed by atoms with van der Waals surface area (Å²) < 4.78 is 17.4.